The number of benzene rings is 1. The zero-order chi connectivity index (χ0) is 10.4. The summed E-state index contributed by atoms with van der Waals surface area (Å²) in [7, 11) is 0. The van der Waals surface area contributed by atoms with Gasteiger partial charge in [-0.15, -0.1) is 0 Å². The van der Waals surface area contributed by atoms with Gasteiger partial charge in [0.15, 0.2) is 0 Å². The van der Waals surface area contributed by atoms with Crippen LogP contribution in [-0.2, 0) is 9.53 Å². The van der Waals surface area contributed by atoms with Gasteiger partial charge in [-0.2, -0.15) is 0 Å². The van der Waals surface area contributed by atoms with Gasteiger partial charge in [0.25, 0.3) is 0 Å². The Balaban J connectivity index is 2.68. The first-order valence-electron chi connectivity index (χ1n) is 5.02. The summed E-state index contributed by atoms with van der Waals surface area (Å²) in [6.45, 7) is 3.82. The maximum atomic E-state index is 11.1. The van der Waals surface area contributed by atoms with Crippen molar-refractivity contribution in [3.8, 4) is 0 Å². The largest absolute Gasteiger partial charge is 0.457 e. The number of rotatable bonds is 4. The zero-order valence-electron chi connectivity index (χ0n) is 8.69. The summed E-state index contributed by atoms with van der Waals surface area (Å²) in [5.74, 6) is -0.138. The van der Waals surface area contributed by atoms with Crippen LogP contribution in [0.2, 0.25) is 0 Å². The number of carbonyl (C=O) groups excluding carboxylic acids is 1. The maximum Gasteiger partial charge on any atom is 0.306 e. The third-order valence-electron chi connectivity index (χ3n) is 2.10. The zero-order valence-corrected chi connectivity index (χ0v) is 8.69. The van der Waals surface area contributed by atoms with E-state index in [4.69, 9.17) is 4.74 Å². The van der Waals surface area contributed by atoms with E-state index in [1.807, 2.05) is 37.3 Å². The Kier molecular flexibility index (Phi) is 4.17. The smallest absolute Gasteiger partial charge is 0.306 e. The van der Waals surface area contributed by atoms with E-state index in [0.717, 1.165) is 12.0 Å². The second kappa shape index (κ2) is 5.43. The average molecular weight is 192 g/mol. The molecule has 0 aliphatic heterocycles. The Morgan fingerprint density at radius 3 is 2.43 bits per heavy atom. The lowest BCUT2D eigenvalue weighted by atomic mass is 10.1. The van der Waals surface area contributed by atoms with Gasteiger partial charge in [0.1, 0.15) is 6.10 Å². The van der Waals surface area contributed by atoms with Crippen LogP contribution in [0.4, 0.5) is 0 Å². The van der Waals surface area contributed by atoms with Crippen molar-refractivity contribution >= 4 is 5.97 Å². The van der Waals surface area contributed by atoms with Crippen LogP contribution in [0.3, 0.4) is 0 Å². The van der Waals surface area contributed by atoms with Crippen molar-refractivity contribution in [2.45, 2.75) is 32.8 Å². The first kappa shape index (κ1) is 10.8. The monoisotopic (exact) mass is 192 g/mol. The fraction of sp³-hybridized carbons (Fsp3) is 0.417. The predicted molar refractivity (Wildman–Crippen MR) is 55.9 cm³/mol. The van der Waals surface area contributed by atoms with Crippen LogP contribution in [0.15, 0.2) is 30.3 Å². The third kappa shape index (κ3) is 2.87. The van der Waals surface area contributed by atoms with E-state index in [1.54, 1.807) is 6.92 Å². The highest BCUT2D eigenvalue weighted by Gasteiger charge is 2.12. The fourth-order valence-corrected chi connectivity index (χ4v) is 1.30. The number of carbonyl (C=O) groups is 1. The minimum Gasteiger partial charge on any atom is -0.457 e. The van der Waals surface area contributed by atoms with Gasteiger partial charge < -0.3 is 4.74 Å². The Labute approximate surface area is 84.9 Å². The Bertz CT molecular complexity index is 280. The van der Waals surface area contributed by atoms with E-state index in [1.165, 1.54) is 0 Å². The minimum atomic E-state index is -0.138. The molecule has 1 aromatic rings. The summed E-state index contributed by atoms with van der Waals surface area (Å²) in [5, 5.41) is 0. The highest BCUT2D eigenvalue weighted by atomic mass is 16.5. The lowest BCUT2D eigenvalue weighted by Crippen LogP contribution is -2.09. The van der Waals surface area contributed by atoms with E-state index >= 15 is 0 Å². The summed E-state index contributed by atoms with van der Waals surface area (Å²) in [5.41, 5.74) is 1.07. The summed E-state index contributed by atoms with van der Waals surface area (Å²) in [6.07, 6.45) is 1.16. The molecule has 2 nitrogen and oxygen atoms in total. The molecule has 1 atom stereocenters. The van der Waals surface area contributed by atoms with E-state index in [9.17, 15) is 4.79 Å². The molecule has 0 saturated carbocycles. The standard InChI is InChI=1S/C12H16O2/c1-3-11(14-12(13)4-2)10-8-6-5-7-9-10/h5-9,11H,3-4H2,1-2H3/t11-/m0/s1. The van der Waals surface area contributed by atoms with Crippen molar-refractivity contribution in [2.24, 2.45) is 0 Å². The van der Waals surface area contributed by atoms with Crippen molar-refractivity contribution in [1.29, 1.82) is 0 Å². The molecular formula is C12H16O2. The molecule has 0 amide bonds. The number of hydrogen-bond acceptors (Lipinski definition) is 2. The molecule has 0 N–H and O–H groups in total. The van der Waals surface area contributed by atoms with Gasteiger partial charge in [-0.1, -0.05) is 44.2 Å². The first-order valence-corrected chi connectivity index (χ1v) is 5.02. The molecule has 0 bridgehead atoms. The van der Waals surface area contributed by atoms with E-state index in [2.05, 4.69) is 0 Å². The van der Waals surface area contributed by atoms with Gasteiger partial charge in [-0.3, -0.25) is 4.79 Å². The Morgan fingerprint density at radius 1 is 1.29 bits per heavy atom. The van der Waals surface area contributed by atoms with Crippen LogP contribution in [0.5, 0.6) is 0 Å². The van der Waals surface area contributed by atoms with Gasteiger partial charge in [-0.05, 0) is 12.0 Å². The van der Waals surface area contributed by atoms with Crippen LogP contribution in [0.25, 0.3) is 0 Å². The molecule has 0 aliphatic carbocycles. The van der Waals surface area contributed by atoms with Crippen LogP contribution in [0, 0.1) is 0 Å². The van der Waals surface area contributed by atoms with Crippen LogP contribution in [-0.4, -0.2) is 5.97 Å². The molecule has 1 rings (SSSR count). The van der Waals surface area contributed by atoms with Crippen LogP contribution in [0.1, 0.15) is 38.4 Å². The lowest BCUT2D eigenvalue weighted by molar-refractivity contribution is -0.149. The SMILES string of the molecule is CCC(=O)O[C@@H](CC)c1ccccc1. The van der Waals surface area contributed by atoms with Crippen molar-refractivity contribution in [3.63, 3.8) is 0 Å². The Morgan fingerprint density at radius 2 is 1.93 bits per heavy atom. The molecule has 0 radical (unpaired) electrons. The van der Waals surface area contributed by atoms with Crippen LogP contribution >= 0.6 is 0 Å². The van der Waals surface area contributed by atoms with Crippen molar-refractivity contribution in [3.05, 3.63) is 35.9 Å². The number of esters is 1. The molecule has 0 fully saturated rings. The molecule has 14 heavy (non-hydrogen) atoms. The molecule has 0 aromatic heterocycles. The fourth-order valence-electron chi connectivity index (χ4n) is 1.30. The highest BCUT2D eigenvalue weighted by molar-refractivity contribution is 5.69. The van der Waals surface area contributed by atoms with Gasteiger partial charge in [0.05, 0.1) is 0 Å². The molecule has 0 saturated heterocycles. The molecule has 0 heterocycles. The molecule has 0 spiro atoms. The predicted octanol–water partition coefficient (Wildman–Crippen LogP) is 3.09. The molecule has 76 valence electrons. The molecule has 0 aliphatic rings. The topological polar surface area (TPSA) is 26.3 Å². The summed E-state index contributed by atoms with van der Waals surface area (Å²) >= 11 is 0. The van der Waals surface area contributed by atoms with Gasteiger partial charge in [0, 0.05) is 6.42 Å². The average Bonchev–Trinajstić information content (AvgIpc) is 2.26. The highest BCUT2D eigenvalue weighted by Crippen LogP contribution is 2.20. The van der Waals surface area contributed by atoms with Crippen LogP contribution < -0.4 is 0 Å². The molecule has 2 heteroatoms. The van der Waals surface area contributed by atoms with Gasteiger partial charge in [-0.25, -0.2) is 0 Å². The lowest BCUT2D eigenvalue weighted by Gasteiger charge is -2.15. The van der Waals surface area contributed by atoms with Crippen molar-refractivity contribution < 1.29 is 9.53 Å². The second-order valence-corrected chi connectivity index (χ2v) is 3.15. The summed E-state index contributed by atoms with van der Waals surface area (Å²) in [6, 6.07) is 9.83. The first-order chi connectivity index (χ1) is 6.77. The normalized spacial score (nSPS) is 12.1. The third-order valence-corrected chi connectivity index (χ3v) is 2.10. The van der Waals surface area contributed by atoms with Crippen molar-refractivity contribution in [2.75, 3.05) is 0 Å². The second-order valence-electron chi connectivity index (χ2n) is 3.15. The molecular weight excluding hydrogens is 176 g/mol. The quantitative estimate of drug-likeness (QED) is 0.685. The summed E-state index contributed by atoms with van der Waals surface area (Å²) < 4.78 is 5.30. The number of ether oxygens (including phenoxy) is 1. The Hall–Kier alpha value is -1.31. The summed E-state index contributed by atoms with van der Waals surface area (Å²) in [4.78, 5) is 11.1. The van der Waals surface area contributed by atoms with Crippen molar-refractivity contribution in [1.82, 2.24) is 0 Å². The van der Waals surface area contributed by atoms with Gasteiger partial charge >= 0.3 is 5.97 Å². The van der Waals surface area contributed by atoms with E-state index in [0.29, 0.717) is 6.42 Å². The minimum absolute atomic E-state index is 0.0938. The number of hydrogen-bond donors (Lipinski definition) is 0. The van der Waals surface area contributed by atoms with E-state index < -0.39 is 0 Å². The van der Waals surface area contributed by atoms with E-state index in [-0.39, 0.29) is 12.1 Å². The van der Waals surface area contributed by atoms with Gasteiger partial charge in [0.2, 0.25) is 0 Å². The maximum absolute atomic E-state index is 11.1. The molecule has 0 unspecified atom stereocenters. The molecule has 1 aromatic carbocycles.